The summed E-state index contributed by atoms with van der Waals surface area (Å²) in [4.78, 5) is 23.1. The molecule has 2 N–H and O–H groups in total. The minimum absolute atomic E-state index is 0.00390. The summed E-state index contributed by atoms with van der Waals surface area (Å²) in [6, 6.07) is 13.9. The summed E-state index contributed by atoms with van der Waals surface area (Å²) >= 11 is 0. The first-order chi connectivity index (χ1) is 12.8. The van der Waals surface area contributed by atoms with Gasteiger partial charge in [0, 0.05) is 0 Å². The third-order valence-corrected chi connectivity index (χ3v) is 5.47. The first-order valence-corrected chi connectivity index (χ1v) is 9.50. The Kier molecular flexibility index (Phi) is 6.36. The van der Waals surface area contributed by atoms with Crippen molar-refractivity contribution in [2.24, 2.45) is 5.73 Å². The number of carbonyl (C=O) groups excluding carboxylic acids is 2. The molecule has 1 amide bonds. The van der Waals surface area contributed by atoms with Crippen LogP contribution in [0.25, 0.3) is 0 Å². The number of hydrogen-bond donors (Lipinski definition) is 1. The highest BCUT2D eigenvalue weighted by Gasteiger charge is 2.25. The Labute approximate surface area is 158 Å². The van der Waals surface area contributed by atoms with Gasteiger partial charge in [-0.2, -0.15) is 0 Å². The SMILES string of the molecule is C=CCN(c1ccccc1)S(=O)(=O)c1cccc(C(=O)O[C@@H](C)C(N)=O)c1. The number of benzene rings is 2. The van der Waals surface area contributed by atoms with E-state index in [1.165, 1.54) is 41.6 Å². The molecule has 0 aliphatic heterocycles. The highest BCUT2D eigenvalue weighted by Crippen LogP contribution is 2.24. The number of primary amides is 1. The Morgan fingerprint density at radius 3 is 2.44 bits per heavy atom. The third-order valence-electron chi connectivity index (χ3n) is 3.68. The van der Waals surface area contributed by atoms with Gasteiger partial charge < -0.3 is 10.5 Å². The molecule has 0 aliphatic carbocycles. The molecule has 0 saturated heterocycles. The molecule has 1 atom stereocenters. The molecule has 0 unspecified atom stereocenters. The lowest BCUT2D eigenvalue weighted by atomic mass is 10.2. The fraction of sp³-hybridized carbons (Fsp3) is 0.158. The molecule has 7 nitrogen and oxygen atoms in total. The molecule has 142 valence electrons. The van der Waals surface area contributed by atoms with Gasteiger partial charge in [0.05, 0.1) is 22.7 Å². The second kappa shape index (κ2) is 8.50. The Hall–Kier alpha value is -3.13. The van der Waals surface area contributed by atoms with Gasteiger partial charge in [-0.15, -0.1) is 6.58 Å². The lowest BCUT2D eigenvalue weighted by Crippen LogP contribution is -2.32. The molecule has 27 heavy (non-hydrogen) atoms. The molecular formula is C19H20N2O5S. The van der Waals surface area contributed by atoms with Crippen molar-refractivity contribution in [3.8, 4) is 0 Å². The van der Waals surface area contributed by atoms with E-state index in [9.17, 15) is 18.0 Å². The summed E-state index contributed by atoms with van der Waals surface area (Å²) < 4.78 is 32.3. The van der Waals surface area contributed by atoms with Crippen molar-refractivity contribution >= 4 is 27.6 Å². The van der Waals surface area contributed by atoms with Crippen molar-refractivity contribution < 1.29 is 22.7 Å². The first kappa shape index (κ1) is 20.2. The van der Waals surface area contributed by atoms with Crippen molar-refractivity contribution in [3.05, 3.63) is 72.8 Å². The molecule has 0 aromatic heterocycles. The predicted octanol–water partition coefficient (Wildman–Crippen LogP) is 2.10. The van der Waals surface area contributed by atoms with E-state index < -0.39 is 28.0 Å². The molecule has 8 heteroatoms. The third kappa shape index (κ3) is 4.73. The number of amides is 1. The minimum Gasteiger partial charge on any atom is -0.449 e. The quantitative estimate of drug-likeness (QED) is 0.550. The standard InChI is InChI=1S/C19H20N2O5S/c1-3-12-21(16-9-5-4-6-10-16)27(24,25)17-11-7-8-15(13-17)19(23)26-14(2)18(20)22/h3-11,13-14H,1,12H2,2H3,(H2,20,22)/t14-/m0/s1. The Bertz CT molecular complexity index is 942. The molecule has 0 spiro atoms. The molecule has 0 heterocycles. The number of rotatable bonds is 8. The largest absolute Gasteiger partial charge is 0.449 e. The number of esters is 1. The van der Waals surface area contributed by atoms with Crippen LogP contribution in [0.5, 0.6) is 0 Å². The van der Waals surface area contributed by atoms with Crippen molar-refractivity contribution in [2.45, 2.75) is 17.9 Å². The fourth-order valence-electron chi connectivity index (χ4n) is 2.25. The molecule has 2 rings (SSSR count). The van der Waals surface area contributed by atoms with Crippen LogP contribution in [-0.2, 0) is 19.6 Å². The number of sulfonamides is 1. The van der Waals surface area contributed by atoms with Crippen LogP contribution >= 0.6 is 0 Å². The highest BCUT2D eigenvalue weighted by molar-refractivity contribution is 7.92. The average Bonchev–Trinajstić information content (AvgIpc) is 2.66. The summed E-state index contributed by atoms with van der Waals surface area (Å²) in [5.41, 5.74) is 5.53. The smallest absolute Gasteiger partial charge is 0.338 e. The van der Waals surface area contributed by atoms with Crippen molar-refractivity contribution in [1.82, 2.24) is 0 Å². The first-order valence-electron chi connectivity index (χ1n) is 8.06. The summed E-state index contributed by atoms with van der Waals surface area (Å²) in [6.45, 7) is 4.99. The summed E-state index contributed by atoms with van der Waals surface area (Å²) in [6.07, 6.45) is 0.344. The number of ether oxygens (including phenoxy) is 1. The number of nitrogens with two attached hydrogens (primary N) is 1. The molecule has 0 bridgehead atoms. The number of hydrogen-bond acceptors (Lipinski definition) is 5. The Balaban J connectivity index is 2.39. The van der Waals surface area contributed by atoms with Crippen molar-refractivity contribution in [3.63, 3.8) is 0 Å². The zero-order valence-electron chi connectivity index (χ0n) is 14.7. The highest BCUT2D eigenvalue weighted by atomic mass is 32.2. The van der Waals surface area contributed by atoms with Crippen LogP contribution in [0.15, 0.2) is 72.1 Å². The molecule has 2 aromatic carbocycles. The molecule has 0 saturated carbocycles. The summed E-state index contributed by atoms with van der Waals surface area (Å²) in [5.74, 6) is -1.64. The minimum atomic E-state index is -3.95. The predicted molar refractivity (Wildman–Crippen MR) is 102 cm³/mol. The normalized spacial score (nSPS) is 12.0. The van der Waals surface area contributed by atoms with Crippen LogP contribution in [0.4, 0.5) is 5.69 Å². The maximum atomic E-state index is 13.1. The van der Waals surface area contributed by atoms with Crippen LogP contribution < -0.4 is 10.0 Å². The van der Waals surface area contributed by atoms with Gasteiger partial charge in [-0.05, 0) is 37.3 Å². The van der Waals surface area contributed by atoms with E-state index >= 15 is 0 Å². The van der Waals surface area contributed by atoms with Crippen LogP contribution in [0.2, 0.25) is 0 Å². The van der Waals surface area contributed by atoms with E-state index in [0.717, 1.165) is 0 Å². The molecular weight excluding hydrogens is 368 g/mol. The van der Waals surface area contributed by atoms with E-state index in [4.69, 9.17) is 10.5 Å². The Morgan fingerprint density at radius 1 is 1.19 bits per heavy atom. The number of nitrogens with zero attached hydrogens (tertiary/aromatic N) is 1. The van der Waals surface area contributed by atoms with Crippen molar-refractivity contribution in [2.75, 3.05) is 10.8 Å². The van der Waals surface area contributed by atoms with Gasteiger partial charge in [0.1, 0.15) is 0 Å². The van der Waals surface area contributed by atoms with Gasteiger partial charge in [-0.3, -0.25) is 9.10 Å². The maximum absolute atomic E-state index is 13.1. The molecule has 0 aliphatic rings. The fourth-order valence-corrected chi connectivity index (χ4v) is 3.73. The van der Waals surface area contributed by atoms with E-state index in [1.807, 2.05) is 0 Å². The maximum Gasteiger partial charge on any atom is 0.338 e. The molecule has 2 aromatic rings. The zero-order chi connectivity index (χ0) is 20.0. The van der Waals surface area contributed by atoms with Gasteiger partial charge in [-0.25, -0.2) is 13.2 Å². The van der Waals surface area contributed by atoms with E-state index in [2.05, 4.69) is 6.58 Å². The van der Waals surface area contributed by atoms with Gasteiger partial charge in [0.2, 0.25) is 0 Å². The second-order valence-electron chi connectivity index (χ2n) is 5.64. The van der Waals surface area contributed by atoms with Gasteiger partial charge in [0.25, 0.3) is 15.9 Å². The van der Waals surface area contributed by atoms with Gasteiger partial charge in [0.15, 0.2) is 6.10 Å². The van der Waals surface area contributed by atoms with Crippen LogP contribution in [-0.4, -0.2) is 32.9 Å². The van der Waals surface area contributed by atoms with Crippen LogP contribution in [0.1, 0.15) is 17.3 Å². The monoisotopic (exact) mass is 388 g/mol. The number of para-hydroxylation sites is 1. The lowest BCUT2D eigenvalue weighted by molar-refractivity contribution is -0.125. The van der Waals surface area contributed by atoms with Crippen LogP contribution in [0, 0.1) is 0 Å². The van der Waals surface area contributed by atoms with Crippen molar-refractivity contribution in [1.29, 1.82) is 0 Å². The summed E-state index contributed by atoms with van der Waals surface area (Å²) in [5, 5.41) is 0. The van der Waals surface area contributed by atoms with Gasteiger partial charge in [-0.1, -0.05) is 30.3 Å². The Morgan fingerprint density at radius 2 is 1.85 bits per heavy atom. The zero-order valence-corrected chi connectivity index (χ0v) is 15.6. The molecule has 0 fully saturated rings. The lowest BCUT2D eigenvalue weighted by Gasteiger charge is -2.23. The number of carbonyl (C=O) groups is 2. The number of anilines is 1. The molecule has 0 radical (unpaired) electrons. The second-order valence-corrected chi connectivity index (χ2v) is 7.50. The topological polar surface area (TPSA) is 107 Å². The van der Waals surface area contributed by atoms with E-state index in [1.54, 1.807) is 30.3 Å². The van der Waals surface area contributed by atoms with Crippen LogP contribution in [0.3, 0.4) is 0 Å². The average molecular weight is 388 g/mol. The van der Waals surface area contributed by atoms with E-state index in [0.29, 0.717) is 5.69 Å². The summed E-state index contributed by atoms with van der Waals surface area (Å²) in [7, 11) is -3.95. The van der Waals surface area contributed by atoms with Gasteiger partial charge >= 0.3 is 5.97 Å². The van der Waals surface area contributed by atoms with E-state index in [-0.39, 0.29) is 17.0 Å².